The van der Waals surface area contributed by atoms with Crippen molar-refractivity contribution >= 4 is 28.1 Å². The van der Waals surface area contributed by atoms with Gasteiger partial charge in [0.15, 0.2) is 11.6 Å². The number of hydrogen-bond donors (Lipinski definition) is 1. The number of halogens is 2. The molecule has 0 radical (unpaired) electrons. The first kappa shape index (κ1) is 22.4. The molecule has 1 saturated heterocycles. The van der Waals surface area contributed by atoms with Crippen molar-refractivity contribution in [1.29, 1.82) is 0 Å². The van der Waals surface area contributed by atoms with Crippen molar-refractivity contribution in [3.05, 3.63) is 58.9 Å². The summed E-state index contributed by atoms with van der Waals surface area (Å²) in [6.45, 7) is 3.49. The normalized spacial score (nSPS) is 21.7. The number of nitrogens with one attached hydrogen (secondary N) is 1. The number of rotatable bonds is 4. The molecular weight excluding hydrogens is 448 g/mol. The van der Waals surface area contributed by atoms with Gasteiger partial charge in [-0.2, -0.15) is 5.10 Å². The Bertz CT molecular complexity index is 1410. The van der Waals surface area contributed by atoms with Gasteiger partial charge >= 0.3 is 0 Å². The van der Waals surface area contributed by atoms with Crippen LogP contribution >= 0.6 is 0 Å². The molecule has 1 saturated carbocycles. The Balaban J connectivity index is 1.68. The summed E-state index contributed by atoms with van der Waals surface area (Å²) in [6, 6.07) is 6.30. The van der Waals surface area contributed by atoms with E-state index in [1.807, 2.05) is 6.20 Å². The number of fused-ring (bicyclic) bond motifs is 2. The third-order valence-electron chi connectivity index (χ3n) is 8.14. The van der Waals surface area contributed by atoms with Gasteiger partial charge in [0.2, 0.25) is 0 Å². The molecular formula is C28H29F2N3O2. The summed E-state index contributed by atoms with van der Waals surface area (Å²) < 4.78 is 36.3. The van der Waals surface area contributed by atoms with E-state index in [1.165, 1.54) is 28.8 Å². The summed E-state index contributed by atoms with van der Waals surface area (Å²) >= 11 is 0. The van der Waals surface area contributed by atoms with Crippen LogP contribution in [0.15, 0.2) is 30.5 Å². The molecule has 7 heteroatoms. The second kappa shape index (κ2) is 8.86. The number of nitrogens with zero attached hydrogens (tertiary/aromatic N) is 2. The highest BCUT2D eigenvalue weighted by atomic mass is 19.2. The molecule has 3 heterocycles. The summed E-state index contributed by atoms with van der Waals surface area (Å²) in [7, 11) is 0. The molecule has 5 nitrogen and oxygen atoms in total. The van der Waals surface area contributed by atoms with Crippen LogP contribution in [0, 0.1) is 24.5 Å². The zero-order valence-electron chi connectivity index (χ0n) is 19.8. The van der Waals surface area contributed by atoms with Gasteiger partial charge in [0.25, 0.3) is 0 Å². The molecule has 0 unspecified atom stereocenters. The standard InChI is InChI=1S/C28H29F2N3O2/c1-16-25-24(12-20-14-31-32-27(16)20)33(21-6-7-22(29)23(30)13-21)28(19-8-10-35-11-9-19)26(25)18-4-2-17(15-34)3-5-18/h6-7,12-15,17-19H,2-5,8-11H2,1H3,(H,31,32). The molecule has 2 aromatic carbocycles. The third-order valence-corrected chi connectivity index (χ3v) is 8.14. The Morgan fingerprint density at radius 3 is 2.51 bits per heavy atom. The van der Waals surface area contributed by atoms with Crippen LogP contribution in [0.25, 0.3) is 27.5 Å². The first-order valence-corrected chi connectivity index (χ1v) is 12.6. The lowest BCUT2D eigenvalue weighted by atomic mass is 9.76. The maximum absolute atomic E-state index is 14.5. The van der Waals surface area contributed by atoms with Crippen LogP contribution in [0.3, 0.4) is 0 Å². The van der Waals surface area contributed by atoms with Crippen molar-refractivity contribution in [2.24, 2.45) is 5.92 Å². The maximum Gasteiger partial charge on any atom is 0.160 e. The van der Waals surface area contributed by atoms with E-state index in [9.17, 15) is 13.6 Å². The highest BCUT2D eigenvalue weighted by Gasteiger charge is 2.34. The van der Waals surface area contributed by atoms with Crippen LogP contribution < -0.4 is 0 Å². The third kappa shape index (κ3) is 3.68. The minimum atomic E-state index is -0.851. The van der Waals surface area contributed by atoms with Gasteiger partial charge in [-0.05, 0) is 80.7 Å². The van der Waals surface area contributed by atoms with Crippen molar-refractivity contribution in [1.82, 2.24) is 14.8 Å². The zero-order chi connectivity index (χ0) is 24.1. The van der Waals surface area contributed by atoms with Gasteiger partial charge in [-0.3, -0.25) is 5.10 Å². The van der Waals surface area contributed by atoms with E-state index < -0.39 is 11.6 Å². The highest BCUT2D eigenvalue weighted by Crippen LogP contribution is 2.48. The molecule has 1 aliphatic heterocycles. The Morgan fingerprint density at radius 2 is 1.80 bits per heavy atom. The topological polar surface area (TPSA) is 59.9 Å². The van der Waals surface area contributed by atoms with Gasteiger partial charge in [-0.25, -0.2) is 8.78 Å². The molecule has 182 valence electrons. The minimum absolute atomic E-state index is 0.123. The molecule has 2 fully saturated rings. The first-order valence-electron chi connectivity index (χ1n) is 12.6. The fraction of sp³-hybridized carbons (Fsp3) is 0.429. The number of H-pyrrole nitrogens is 1. The Kier molecular flexibility index (Phi) is 5.67. The Labute approximate surface area is 202 Å². The lowest BCUT2D eigenvalue weighted by molar-refractivity contribution is -0.111. The average molecular weight is 478 g/mol. The molecule has 1 N–H and O–H groups in total. The van der Waals surface area contributed by atoms with E-state index in [2.05, 4.69) is 27.8 Å². The fourth-order valence-corrected chi connectivity index (χ4v) is 6.37. The predicted octanol–water partition coefficient (Wildman–Crippen LogP) is 6.46. The van der Waals surface area contributed by atoms with Gasteiger partial charge in [0.05, 0.1) is 17.2 Å². The van der Waals surface area contributed by atoms with Crippen LogP contribution in [0.5, 0.6) is 0 Å². The fourth-order valence-electron chi connectivity index (χ4n) is 6.37. The number of aryl methyl sites for hydroxylation is 1. The van der Waals surface area contributed by atoms with Gasteiger partial charge in [0.1, 0.15) is 6.29 Å². The molecule has 2 aromatic heterocycles. The number of ether oxygens (including phenoxy) is 1. The van der Waals surface area contributed by atoms with Gasteiger partial charge in [0, 0.05) is 53.3 Å². The quantitative estimate of drug-likeness (QED) is 0.343. The van der Waals surface area contributed by atoms with E-state index in [0.29, 0.717) is 24.8 Å². The summed E-state index contributed by atoms with van der Waals surface area (Å²) in [6.07, 6.45) is 8.32. The van der Waals surface area contributed by atoms with Gasteiger partial charge < -0.3 is 14.1 Å². The van der Waals surface area contributed by atoms with E-state index in [0.717, 1.165) is 66.8 Å². The summed E-state index contributed by atoms with van der Waals surface area (Å²) in [4.78, 5) is 11.5. The molecule has 35 heavy (non-hydrogen) atoms. The molecule has 0 bridgehead atoms. The Morgan fingerprint density at radius 1 is 1.03 bits per heavy atom. The van der Waals surface area contributed by atoms with E-state index in [1.54, 1.807) is 6.07 Å². The number of aromatic nitrogens is 3. The molecule has 6 rings (SSSR count). The number of carbonyl (C=O) groups excluding carboxylic acids is 1. The van der Waals surface area contributed by atoms with Crippen molar-refractivity contribution < 1.29 is 18.3 Å². The zero-order valence-corrected chi connectivity index (χ0v) is 19.8. The van der Waals surface area contributed by atoms with E-state index >= 15 is 0 Å². The lowest BCUT2D eigenvalue weighted by Gasteiger charge is -2.30. The largest absolute Gasteiger partial charge is 0.381 e. The molecule has 1 aliphatic carbocycles. The van der Waals surface area contributed by atoms with Crippen LogP contribution in [0.4, 0.5) is 8.78 Å². The average Bonchev–Trinajstić information content (AvgIpc) is 3.50. The second-order valence-electron chi connectivity index (χ2n) is 10.1. The van der Waals surface area contributed by atoms with E-state index in [-0.39, 0.29) is 11.8 Å². The second-order valence-corrected chi connectivity index (χ2v) is 10.1. The Hall–Kier alpha value is -3.06. The summed E-state index contributed by atoms with van der Waals surface area (Å²) in [5.74, 6) is -1.02. The minimum Gasteiger partial charge on any atom is -0.381 e. The van der Waals surface area contributed by atoms with Crippen LogP contribution in [-0.2, 0) is 9.53 Å². The van der Waals surface area contributed by atoms with Gasteiger partial charge in [-0.15, -0.1) is 0 Å². The monoisotopic (exact) mass is 477 g/mol. The molecule has 0 atom stereocenters. The van der Waals surface area contributed by atoms with Crippen LogP contribution in [-0.4, -0.2) is 34.3 Å². The highest BCUT2D eigenvalue weighted by molar-refractivity contribution is 6.02. The van der Waals surface area contributed by atoms with Crippen LogP contribution in [0.2, 0.25) is 0 Å². The van der Waals surface area contributed by atoms with Crippen molar-refractivity contribution in [2.45, 2.75) is 57.3 Å². The maximum atomic E-state index is 14.5. The number of carbonyl (C=O) groups is 1. The predicted molar refractivity (Wildman–Crippen MR) is 131 cm³/mol. The number of hydrogen-bond acceptors (Lipinski definition) is 3. The molecule has 2 aliphatic rings. The number of aldehydes is 1. The smallest absolute Gasteiger partial charge is 0.160 e. The number of benzene rings is 2. The summed E-state index contributed by atoms with van der Waals surface area (Å²) in [5, 5.41) is 9.59. The molecule has 4 aromatic rings. The van der Waals surface area contributed by atoms with Crippen molar-refractivity contribution in [3.63, 3.8) is 0 Å². The van der Waals surface area contributed by atoms with Crippen molar-refractivity contribution in [3.8, 4) is 5.69 Å². The summed E-state index contributed by atoms with van der Waals surface area (Å²) in [5.41, 5.74) is 6.24. The SMILES string of the molecule is Cc1c2[nH]ncc2cc2c1c(C1CCC(C=O)CC1)c(C1CCOCC1)n2-c1ccc(F)c(F)c1. The molecule has 0 spiro atoms. The first-order chi connectivity index (χ1) is 17.1. The van der Waals surface area contributed by atoms with Crippen molar-refractivity contribution in [2.75, 3.05) is 13.2 Å². The molecule has 0 amide bonds. The van der Waals surface area contributed by atoms with Crippen LogP contribution in [0.1, 0.15) is 67.2 Å². The van der Waals surface area contributed by atoms with Gasteiger partial charge in [-0.1, -0.05) is 0 Å². The number of aromatic amines is 1. The van der Waals surface area contributed by atoms with E-state index in [4.69, 9.17) is 4.74 Å². The lowest BCUT2D eigenvalue weighted by Crippen LogP contribution is -2.20.